The van der Waals surface area contributed by atoms with Crippen LogP contribution in [-0.2, 0) is 10.0 Å². The summed E-state index contributed by atoms with van der Waals surface area (Å²) >= 11 is 0. The van der Waals surface area contributed by atoms with Crippen LogP contribution in [0.5, 0.6) is 11.8 Å². The Morgan fingerprint density at radius 3 is 2.00 bits per heavy atom. The minimum atomic E-state index is -4.03. The number of aromatic nitrogens is 2. The molecule has 0 saturated carbocycles. The Labute approximate surface area is 154 Å². The van der Waals surface area contributed by atoms with Crippen LogP contribution in [0.2, 0.25) is 0 Å². The number of anilines is 2. The van der Waals surface area contributed by atoms with Crippen LogP contribution in [0.1, 0.15) is 10.4 Å². The van der Waals surface area contributed by atoms with E-state index in [2.05, 4.69) is 15.3 Å². The van der Waals surface area contributed by atoms with Crippen LogP contribution in [-0.4, -0.2) is 56.0 Å². The lowest BCUT2D eigenvalue weighted by atomic mass is 10.2. The van der Waals surface area contributed by atoms with Gasteiger partial charge in [0, 0.05) is 5.56 Å². The molecular formula is C15H16N4O7S. The molecule has 0 aliphatic carbocycles. The van der Waals surface area contributed by atoms with E-state index < -0.39 is 22.0 Å². The van der Waals surface area contributed by atoms with E-state index in [-0.39, 0.29) is 33.3 Å². The van der Waals surface area contributed by atoms with Gasteiger partial charge >= 0.3 is 6.09 Å². The van der Waals surface area contributed by atoms with Gasteiger partial charge in [0.1, 0.15) is 0 Å². The summed E-state index contributed by atoms with van der Waals surface area (Å²) in [5, 5.41) is 11.5. The zero-order valence-corrected chi connectivity index (χ0v) is 15.3. The van der Waals surface area contributed by atoms with Crippen molar-refractivity contribution in [1.82, 2.24) is 9.97 Å². The average molecular weight is 396 g/mol. The van der Waals surface area contributed by atoms with Crippen molar-refractivity contribution in [2.24, 2.45) is 0 Å². The monoisotopic (exact) mass is 396 g/mol. The number of benzene rings is 1. The van der Waals surface area contributed by atoms with Gasteiger partial charge in [-0.2, -0.15) is 14.3 Å². The number of carbonyl (C=O) groups excluding carboxylic acids is 1. The third-order valence-corrected chi connectivity index (χ3v) is 4.22. The first-order chi connectivity index (χ1) is 12.7. The molecule has 27 heavy (non-hydrogen) atoms. The molecule has 1 aromatic carbocycles. The summed E-state index contributed by atoms with van der Waals surface area (Å²) in [7, 11) is -1.25. The highest BCUT2D eigenvalue weighted by Crippen LogP contribution is 2.20. The van der Waals surface area contributed by atoms with Gasteiger partial charge in [-0.3, -0.25) is 10.1 Å². The van der Waals surface area contributed by atoms with Crippen LogP contribution in [0, 0.1) is 0 Å². The Morgan fingerprint density at radius 1 is 1.07 bits per heavy atom. The van der Waals surface area contributed by atoms with Crippen molar-refractivity contribution < 1.29 is 32.6 Å². The van der Waals surface area contributed by atoms with Gasteiger partial charge in [-0.1, -0.05) is 0 Å². The van der Waals surface area contributed by atoms with Gasteiger partial charge in [0.05, 0.1) is 32.2 Å². The maximum atomic E-state index is 12.3. The van der Waals surface area contributed by atoms with Gasteiger partial charge in [0.15, 0.2) is 0 Å². The standard InChI is InChI=1S/C15H16N4O7S/c1-25-11-8-12(26-2)17-14(16-11)18-13(20)9-4-6-10(7-5-9)19(15(21)22)27(3,23)24/h4-8H,1-3H3,(H,21,22)(H,16,17,18,20). The maximum absolute atomic E-state index is 12.3. The molecule has 2 amide bonds. The van der Waals surface area contributed by atoms with Crippen LogP contribution in [0.4, 0.5) is 16.4 Å². The van der Waals surface area contributed by atoms with Crippen LogP contribution in [0.15, 0.2) is 30.3 Å². The lowest BCUT2D eigenvalue weighted by molar-refractivity contribution is 0.102. The van der Waals surface area contributed by atoms with Crippen molar-refractivity contribution in [3.8, 4) is 11.8 Å². The summed E-state index contributed by atoms with van der Waals surface area (Å²) in [6.45, 7) is 0. The van der Waals surface area contributed by atoms with Crippen LogP contribution >= 0.6 is 0 Å². The van der Waals surface area contributed by atoms with E-state index in [9.17, 15) is 18.0 Å². The number of rotatable bonds is 6. The second-order valence-corrected chi connectivity index (χ2v) is 6.92. The normalized spacial score (nSPS) is 10.8. The molecule has 2 N–H and O–H groups in total. The molecule has 1 aromatic heterocycles. The van der Waals surface area contributed by atoms with E-state index in [4.69, 9.17) is 14.6 Å². The molecule has 0 bridgehead atoms. The van der Waals surface area contributed by atoms with Crippen LogP contribution < -0.4 is 19.1 Å². The Kier molecular flexibility index (Phi) is 5.80. The van der Waals surface area contributed by atoms with Gasteiger partial charge in [-0.15, -0.1) is 0 Å². The fraction of sp³-hybridized carbons (Fsp3) is 0.200. The summed E-state index contributed by atoms with van der Waals surface area (Å²) in [6.07, 6.45) is -0.901. The molecule has 0 saturated heterocycles. The van der Waals surface area contributed by atoms with Gasteiger partial charge < -0.3 is 14.6 Å². The van der Waals surface area contributed by atoms with Gasteiger partial charge in [-0.25, -0.2) is 13.2 Å². The van der Waals surface area contributed by atoms with E-state index in [1.54, 1.807) is 0 Å². The second-order valence-electron chi connectivity index (χ2n) is 5.09. The van der Waals surface area contributed by atoms with E-state index in [1.165, 1.54) is 44.6 Å². The second kappa shape index (κ2) is 7.86. The Balaban J connectivity index is 2.25. The zero-order chi connectivity index (χ0) is 20.2. The minimum Gasteiger partial charge on any atom is -0.481 e. The number of nitrogens with zero attached hydrogens (tertiary/aromatic N) is 3. The molecule has 11 nitrogen and oxygen atoms in total. The first-order valence-electron chi connectivity index (χ1n) is 7.27. The van der Waals surface area contributed by atoms with Crippen molar-refractivity contribution in [3.63, 3.8) is 0 Å². The number of nitrogens with one attached hydrogen (secondary N) is 1. The fourth-order valence-corrected chi connectivity index (χ4v) is 2.82. The molecule has 12 heteroatoms. The zero-order valence-electron chi connectivity index (χ0n) is 14.5. The van der Waals surface area contributed by atoms with Crippen LogP contribution in [0.3, 0.4) is 0 Å². The maximum Gasteiger partial charge on any atom is 0.425 e. The number of methoxy groups -OCH3 is 2. The molecule has 0 radical (unpaired) electrons. The Bertz CT molecular complexity index is 938. The SMILES string of the molecule is COc1cc(OC)nc(NC(=O)c2ccc(N(C(=O)O)S(C)(=O)=O)cc2)n1. The molecule has 0 unspecified atom stereocenters. The number of amides is 2. The number of ether oxygens (including phenoxy) is 2. The summed E-state index contributed by atoms with van der Waals surface area (Å²) in [6, 6.07) is 6.34. The highest BCUT2D eigenvalue weighted by Gasteiger charge is 2.24. The van der Waals surface area contributed by atoms with E-state index in [0.29, 0.717) is 0 Å². The number of hydrogen-bond donors (Lipinski definition) is 2. The van der Waals surface area contributed by atoms with Crippen molar-refractivity contribution in [3.05, 3.63) is 35.9 Å². The lowest BCUT2D eigenvalue weighted by Crippen LogP contribution is -2.34. The first-order valence-corrected chi connectivity index (χ1v) is 9.12. The van der Waals surface area contributed by atoms with E-state index in [0.717, 1.165) is 6.26 Å². The molecular weight excluding hydrogens is 380 g/mol. The van der Waals surface area contributed by atoms with Crippen molar-refractivity contribution in [2.75, 3.05) is 30.1 Å². The van der Waals surface area contributed by atoms with Crippen molar-refractivity contribution in [2.45, 2.75) is 0 Å². The molecule has 2 aromatic rings. The predicted octanol–water partition coefficient (Wildman–Crippen LogP) is 1.19. The first kappa shape index (κ1) is 19.9. The lowest BCUT2D eigenvalue weighted by Gasteiger charge is -2.16. The number of carboxylic acid groups (broad SMARTS) is 1. The summed E-state index contributed by atoms with van der Waals surface area (Å²) in [5.41, 5.74) is 0.00354. The average Bonchev–Trinajstić information content (AvgIpc) is 2.60. The highest BCUT2D eigenvalue weighted by molar-refractivity contribution is 7.92. The Hall–Kier alpha value is -3.41. The predicted molar refractivity (Wildman–Crippen MR) is 94.9 cm³/mol. The third-order valence-electron chi connectivity index (χ3n) is 3.19. The minimum absolute atomic E-state index is 0.0661. The Morgan fingerprint density at radius 2 is 1.59 bits per heavy atom. The molecule has 0 fully saturated rings. The largest absolute Gasteiger partial charge is 0.481 e. The van der Waals surface area contributed by atoms with E-state index in [1.807, 2.05) is 0 Å². The van der Waals surface area contributed by atoms with E-state index >= 15 is 0 Å². The third kappa shape index (κ3) is 4.82. The molecule has 0 atom stereocenters. The summed E-state index contributed by atoms with van der Waals surface area (Å²) < 4.78 is 33.3. The molecule has 1 heterocycles. The molecule has 144 valence electrons. The van der Waals surface area contributed by atoms with Crippen molar-refractivity contribution >= 4 is 33.7 Å². The van der Waals surface area contributed by atoms with Gasteiger partial charge in [-0.05, 0) is 24.3 Å². The molecule has 2 rings (SSSR count). The highest BCUT2D eigenvalue weighted by atomic mass is 32.2. The van der Waals surface area contributed by atoms with Crippen LogP contribution in [0.25, 0.3) is 0 Å². The topological polar surface area (TPSA) is 148 Å². The number of hydrogen-bond acceptors (Lipinski definition) is 8. The molecule has 0 aliphatic rings. The molecule has 0 spiro atoms. The number of carbonyl (C=O) groups is 2. The smallest absolute Gasteiger partial charge is 0.425 e. The summed E-state index contributed by atoms with van der Waals surface area (Å²) in [4.78, 5) is 31.4. The molecule has 0 aliphatic heterocycles. The van der Waals surface area contributed by atoms with Gasteiger partial charge in [0.2, 0.25) is 27.7 Å². The van der Waals surface area contributed by atoms with Crippen molar-refractivity contribution in [1.29, 1.82) is 0 Å². The summed E-state index contributed by atoms with van der Waals surface area (Å²) in [5.74, 6) is -0.308. The van der Waals surface area contributed by atoms with Gasteiger partial charge in [0.25, 0.3) is 5.91 Å². The fourth-order valence-electron chi connectivity index (χ4n) is 2.03. The quantitative estimate of drug-likeness (QED) is 0.734. The number of sulfonamides is 1.